The van der Waals surface area contributed by atoms with E-state index in [4.69, 9.17) is 4.74 Å². The molecule has 0 unspecified atom stereocenters. The van der Waals surface area contributed by atoms with Gasteiger partial charge in [-0.25, -0.2) is 4.79 Å². The Kier molecular flexibility index (Phi) is 4.83. The molecule has 1 saturated heterocycles. The second-order valence-electron chi connectivity index (χ2n) is 7.17. The van der Waals surface area contributed by atoms with E-state index in [1.54, 1.807) is 7.11 Å². The number of ether oxygens (including phenoxy) is 1. The molecule has 0 saturated carbocycles. The maximum atomic E-state index is 13.1. The molecule has 2 heterocycles. The predicted molar refractivity (Wildman–Crippen MR) is 104 cm³/mol. The molecule has 136 valence electrons. The van der Waals surface area contributed by atoms with Gasteiger partial charge in [0.05, 0.1) is 7.11 Å². The number of nitrogens with zero attached hydrogens (tertiary/aromatic N) is 2. The summed E-state index contributed by atoms with van der Waals surface area (Å²) in [7, 11) is 1.73. The number of methoxy groups -OCH3 is 1. The van der Waals surface area contributed by atoms with Crippen molar-refractivity contribution in [3.8, 4) is 5.75 Å². The zero-order valence-electron chi connectivity index (χ0n) is 15.4. The van der Waals surface area contributed by atoms with Crippen LogP contribution in [0.15, 0.2) is 48.5 Å². The number of aryl methyl sites for hydroxylation is 1. The number of carbonyl (C=O) groups excluding carboxylic acids is 1. The zero-order chi connectivity index (χ0) is 17.9. The molecule has 2 aromatic carbocycles. The topological polar surface area (TPSA) is 32.8 Å². The zero-order valence-corrected chi connectivity index (χ0v) is 15.4. The number of piperidine rings is 1. The maximum Gasteiger partial charge on any atom is 0.324 e. The van der Waals surface area contributed by atoms with Gasteiger partial charge in [0.1, 0.15) is 5.75 Å². The summed E-state index contributed by atoms with van der Waals surface area (Å²) < 4.78 is 5.52. The Bertz CT molecular complexity index is 781. The molecule has 0 bridgehead atoms. The highest BCUT2D eigenvalue weighted by Gasteiger charge is 2.30. The molecule has 4 heteroatoms. The van der Waals surface area contributed by atoms with Gasteiger partial charge in [0.15, 0.2) is 0 Å². The Balaban J connectivity index is 1.45. The Labute approximate surface area is 155 Å². The lowest BCUT2D eigenvalue weighted by Crippen LogP contribution is -2.48. The molecule has 2 aromatic rings. The van der Waals surface area contributed by atoms with E-state index in [9.17, 15) is 4.79 Å². The fourth-order valence-corrected chi connectivity index (χ4v) is 4.29. The molecule has 2 amide bonds. The number of fused-ring (bicyclic) bond motifs is 1. The summed E-state index contributed by atoms with van der Waals surface area (Å²) in [4.78, 5) is 17.1. The average Bonchev–Trinajstić information content (AvgIpc) is 2.73. The molecule has 4 nitrogen and oxygen atoms in total. The van der Waals surface area contributed by atoms with Gasteiger partial charge in [0.25, 0.3) is 0 Å². The molecule has 2 aliphatic rings. The van der Waals surface area contributed by atoms with Gasteiger partial charge in [-0.05, 0) is 54.9 Å². The van der Waals surface area contributed by atoms with Crippen LogP contribution in [0, 0.1) is 0 Å². The van der Waals surface area contributed by atoms with Crippen LogP contribution in [0.4, 0.5) is 10.5 Å². The van der Waals surface area contributed by atoms with Crippen LogP contribution in [0.3, 0.4) is 0 Å². The number of hydrogen-bond donors (Lipinski definition) is 0. The van der Waals surface area contributed by atoms with Crippen molar-refractivity contribution >= 4 is 11.7 Å². The number of hydrogen-bond acceptors (Lipinski definition) is 2. The first-order chi connectivity index (χ1) is 12.8. The van der Waals surface area contributed by atoms with Crippen LogP contribution in [-0.4, -0.2) is 37.7 Å². The van der Waals surface area contributed by atoms with Gasteiger partial charge in [-0.15, -0.1) is 0 Å². The van der Waals surface area contributed by atoms with E-state index in [0.717, 1.165) is 56.8 Å². The average molecular weight is 350 g/mol. The SMILES string of the molecule is COc1ccccc1C1CCN(C(=O)N2CCCc3ccccc32)CC1. The van der Waals surface area contributed by atoms with Gasteiger partial charge < -0.3 is 9.64 Å². The van der Waals surface area contributed by atoms with Crippen molar-refractivity contribution in [1.29, 1.82) is 0 Å². The molecule has 0 aliphatic carbocycles. The number of anilines is 1. The number of carbonyl (C=O) groups is 1. The van der Waals surface area contributed by atoms with Crippen LogP contribution in [0.1, 0.15) is 36.3 Å². The van der Waals surface area contributed by atoms with Gasteiger partial charge in [-0.1, -0.05) is 36.4 Å². The van der Waals surface area contributed by atoms with Crippen molar-refractivity contribution in [3.05, 3.63) is 59.7 Å². The molecule has 0 aromatic heterocycles. The monoisotopic (exact) mass is 350 g/mol. The van der Waals surface area contributed by atoms with Crippen LogP contribution in [-0.2, 0) is 6.42 Å². The summed E-state index contributed by atoms with van der Waals surface area (Å²) in [5, 5.41) is 0. The van der Waals surface area contributed by atoms with Crippen LogP contribution in [0.2, 0.25) is 0 Å². The largest absolute Gasteiger partial charge is 0.496 e. The molecule has 0 atom stereocenters. The lowest BCUT2D eigenvalue weighted by atomic mass is 9.89. The molecular formula is C22H26N2O2. The maximum absolute atomic E-state index is 13.1. The lowest BCUT2D eigenvalue weighted by Gasteiger charge is -2.38. The quantitative estimate of drug-likeness (QED) is 0.802. The number of likely N-dealkylation sites (tertiary alicyclic amines) is 1. The van der Waals surface area contributed by atoms with Crippen molar-refractivity contribution < 1.29 is 9.53 Å². The first kappa shape index (κ1) is 17.0. The van der Waals surface area contributed by atoms with Crippen molar-refractivity contribution in [2.45, 2.75) is 31.6 Å². The second kappa shape index (κ2) is 7.40. The minimum Gasteiger partial charge on any atom is -0.496 e. The number of para-hydroxylation sites is 2. The molecular weight excluding hydrogens is 324 g/mol. The minimum atomic E-state index is 0.163. The highest BCUT2D eigenvalue weighted by molar-refractivity contribution is 5.93. The summed E-state index contributed by atoms with van der Waals surface area (Å²) in [6.07, 6.45) is 4.08. The summed E-state index contributed by atoms with van der Waals surface area (Å²) in [5.41, 5.74) is 3.65. The number of rotatable bonds is 2. The Morgan fingerprint density at radius 1 is 1.00 bits per heavy atom. The molecule has 26 heavy (non-hydrogen) atoms. The van der Waals surface area contributed by atoms with Crippen LogP contribution in [0.25, 0.3) is 0 Å². The minimum absolute atomic E-state index is 0.163. The van der Waals surface area contributed by atoms with E-state index in [1.165, 1.54) is 11.1 Å². The summed E-state index contributed by atoms with van der Waals surface area (Å²) >= 11 is 0. The van der Waals surface area contributed by atoms with Gasteiger partial charge in [-0.3, -0.25) is 4.90 Å². The molecule has 0 radical (unpaired) electrons. The van der Waals surface area contributed by atoms with Crippen molar-refractivity contribution in [2.75, 3.05) is 31.6 Å². The molecule has 2 aliphatic heterocycles. The molecule has 0 N–H and O–H groups in total. The van der Waals surface area contributed by atoms with Gasteiger partial charge in [0.2, 0.25) is 0 Å². The number of amides is 2. The highest BCUT2D eigenvalue weighted by atomic mass is 16.5. The van der Waals surface area contributed by atoms with Gasteiger partial charge >= 0.3 is 6.03 Å². The first-order valence-corrected chi connectivity index (χ1v) is 9.55. The molecule has 0 spiro atoms. The summed E-state index contributed by atoms with van der Waals surface area (Å²) in [6.45, 7) is 2.43. The van der Waals surface area contributed by atoms with Crippen molar-refractivity contribution in [2.24, 2.45) is 0 Å². The molecule has 1 fully saturated rings. The third-order valence-electron chi connectivity index (χ3n) is 5.69. The number of benzene rings is 2. The third kappa shape index (κ3) is 3.16. The van der Waals surface area contributed by atoms with Crippen LogP contribution >= 0.6 is 0 Å². The fourth-order valence-electron chi connectivity index (χ4n) is 4.29. The normalized spacial score (nSPS) is 17.7. The highest BCUT2D eigenvalue weighted by Crippen LogP contribution is 2.35. The standard InChI is InChI=1S/C22H26N2O2/c1-26-21-11-5-3-9-19(21)17-12-15-23(16-13-17)22(25)24-14-6-8-18-7-2-4-10-20(18)24/h2-5,7,9-11,17H,6,8,12-16H2,1H3. The Morgan fingerprint density at radius 2 is 1.73 bits per heavy atom. The van der Waals surface area contributed by atoms with E-state index in [1.807, 2.05) is 28.0 Å². The predicted octanol–water partition coefficient (Wildman–Crippen LogP) is 4.45. The van der Waals surface area contributed by atoms with E-state index < -0.39 is 0 Å². The van der Waals surface area contributed by atoms with E-state index in [2.05, 4.69) is 30.3 Å². The summed E-state index contributed by atoms with van der Waals surface area (Å²) in [6, 6.07) is 16.7. The first-order valence-electron chi connectivity index (χ1n) is 9.55. The van der Waals surface area contributed by atoms with Gasteiger partial charge in [0, 0.05) is 25.3 Å². The van der Waals surface area contributed by atoms with E-state index >= 15 is 0 Å². The lowest BCUT2D eigenvalue weighted by molar-refractivity contribution is 0.187. The van der Waals surface area contributed by atoms with E-state index in [0.29, 0.717) is 5.92 Å². The Morgan fingerprint density at radius 3 is 2.54 bits per heavy atom. The van der Waals surface area contributed by atoms with E-state index in [-0.39, 0.29) is 6.03 Å². The Hall–Kier alpha value is -2.49. The van der Waals surface area contributed by atoms with Crippen molar-refractivity contribution in [3.63, 3.8) is 0 Å². The summed E-state index contributed by atoms with van der Waals surface area (Å²) in [5.74, 6) is 1.42. The van der Waals surface area contributed by atoms with Crippen molar-refractivity contribution in [1.82, 2.24) is 4.90 Å². The van der Waals surface area contributed by atoms with Gasteiger partial charge in [-0.2, -0.15) is 0 Å². The smallest absolute Gasteiger partial charge is 0.324 e. The third-order valence-corrected chi connectivity index (χ3v) is 5.69. The van der Waals surface area contributed by atoms with Crippen LogP contribution in [0.5, 0.6) is 5.75 Å². The second-order valence-corrected chi connectivity index (χ2v) is 7.17. The van der Waals surface area contributed by atoms with Crippen LogP contribution < -0.4 is 9.64 Å². The fraction of sp³-hybridized carbons (Fsp3) is 0.409. The molecule has 4 rings (SSSR count). The number of urea groups is 1.